The summed E-state index contributed by atoms with van der Waals surface area (Å²) in [4.78, 5) is 16.8. The first kappa shape index (κ1) is 21.9. The minimum Gasteiger partial charge on any atom is -0.484 e. The van der Waals surface area contributed by atoms with Gasteiger partial charge < -0.3 is 15.2 Å². The van der Waals surface area contributed by atoms with Crippen LogP contribution in [0.4, 0.5) is 13.2 Å². The number of aryl methyl sites for hydroxylation is 1. The molecule has 0 bridgehead atoms. The molecule has 0 aliphatic heterocycles. The molecule has 0 saturated heterocycles. The fourth-order valence-electron chi connectivity index (χ4n) is 3.00. The van der Waals surface area contributed by atoms with Crippen molar-refractivity contribution in [2.45, 2.75) is 50.4 Å². The van der Waals surface area contributed by atoms with Crippen molar-refractivity contribution in [1.82, 2.24) is 10.3 Å². The first-order chi connectivity index (χ1) is 13.4. The quantitative estimate of drug-likeness (QED) is 0.656. The largest absolute Gasteiger partial charge is 0.484 e. The van der Waals surface area contributed by atoms with Crippen LogP contribution in [0.15, 0.2) is 23.6 Å². The lowest BCUT2D eigenvalue weighted by Gasteiger charge is -2.24. The Bertz CT molecular complexity index is 910. The van der Waals surface area contributed by atoms with Gasteiger partial charge in [-0.1, -0.05) is 11.6 Å². The van der Waals surface area contributed by atoms with E-state index >= 15 is 0 Å². The van der Waals surface area contributed by atoms with Crippen LogP contribution < -0.4 is 10.1 Å². The maximum Gasteiger partial charge on any atom is 0.422 e. The number of hydrogen-bond acceptors (Lipinski definition) is 5. The average Bonchev–Trinajstić information content (AvgIpc) is 3.22. The number of amides is 1. The van der Waals surface area contributed by atoms with E-state index in [1.54, 1.807) is 18.4 Å². The molecular weight excluding hydrogens is 429 g/mol. The van der Waals surface area contributed by atoms with Crippen molar-refractivity contribution >= 4 is 28.8 Å². The Morgan fingerprint density at radius 1 is 1.38 bits per heavy atom. The zero-order valence-corrected chi connectivity index (χ0v) is 17.3. The summed E-state index contributed by atoms with van der Waals surface area (Å²) in [6.45, 7) is 1.89. The molecule has 3 rings (SSSR count). The van der Waals surface area contributed by atoms with E-state index < -0.39 is 29.8 Å². The van der Waals surface area contributed by atoms with Crippen molar-refractivity contribution < 1.29 is 27.8 Å². The molecule has 0 radical (unpaired) electrons. The van der Waals surface area contributed by atoms with Gasteiger partial charge in [0.1, 0.15) is 16.4 Å². The first-order valence-electron chi connectivity index (χ1n) is 8.85. The van der Waals surface area contributed by atoms with Gasteiger partial charge in [0.25, 0.3) is 0 Å². The minimum atomic E-state index is -4.46. The maximum atomic E-state index is 12.6. The van der Waals surface area contributed by atoms with Crippen LogP contribution in [0.2, 0.25) is 5.02 Å². The molecule has 1 aliphatic carbocycles. The highest BCUT2D eigenvalue weighted by Crippen LogP contribution is 2.47. The number of hydrogen-bond donors (Lipinski definition) is 2. The van der Waals surface area contributed by atoms with Crippen molar-refractivity contribution in [3.8, 4) is 5.75 Å². The molecule has 1 aliphatic rings. The van der Waals surface area contributed by atoms with Crippen LogP contribution in [0.5, 0.6) is 5.75 Å². The van der Waals surface area contributed by atoms with E-state index in [0.717, 1.165) is 5.69 Å². The SMILES string of the molecule is Cc1csc([C@@](C)(O)CC(=O)NC2(c3cc(Cl)cc(OCC(F)(F)F)c3)CC2)n1. The summed E-state index contributed by atoms with van der Waals surface area (Å²) in [6.07, 6.45) is -3.44. The molecule has 1 aromatic heterocycles. The van der Waals surface area contributed by atoms with Crippen LogP contribution in [-0.4, -0.2) is 28.8 Å². The number of ether oxygens (including phenoxy) is 1. The fourth-order valence-corrected chi connectivity index (χ4v) is 4.08. The third kappa shape index (κ3) is 5.61. The van der Waals surface area contributed by atoms with Crippen LogP contribution in [0.25, 0.3) is 0 Å². The molecular formula is C19H20ClF3N2O3S. The second-order valence-corrected chi connectivity index (χ2v) is 8.75. The first-order valence-corrected chi connectivity index (χ1v) is 10.1. The summed E-state index contributed by atoms with van der Waals surface area (Å²) >= 11 is 7.31. The highest BCUT2D eigenvalue weighted by molar-refractivity contribution is 7.09. The summed E-state index contributed by atoms with van der Waals surface area (Å²) in [6, 6.07) is 4.34. The lowest BCUT2D eigenvalue weighted by molar-refractivity contribution is -0.153. The molecule has 29 heavy (non-hydrogen) atoms. The molecule has 0 unspecified atom stereocenters. The van der Waals surface area contributed by atoms with Gasteiger partial charge >= 0.3 is 6.18 Å². The summed E-state index contributed by atoms with van der Waals surface area (Å²) in [5, 5.41) is 16.0. The van der Waals surface area contributed by atoms with Crippen molar-refractivity contribution in [1.29, 1.82) is 0 Å². The Kier molecular flexibility index (Phi) is 5.86. The highest BCUT2D eigenvalue weighted by atomic mass is 35.5. The fraction of sp³-hybridized carbons (Fsp3) is 0.474. The Hall–Kier alpha value is -1.84. The van der Waals surface area contributed by atoms with Crippen LogP contribution in [-0.2, 0) is 15.9 Å². The molecule has 1 amide bonds. The van der Waals surface area contributed by atoms with E-state index in [0.29, 0.717) is 23.4 Å². The van der Waals surface area contributed by atoms with Gasteiger partial charge in [0.2, 0.25) is 5.91 Å². The highest BCUT2D eigenvalue weighted by Gasteiger charge is 2.47. The number of nitrogens with zero attached hydrogens (tertiary/aromatic N) is 1. The maximum absolute atomic E-state index is 12.6. The number of alkyl halides is 3. The molecule has 1 saturated carbocycles. The van der Waals surface area contributed by atoms with Crippen molar-refractivity contribution in [2.75, 3.05) is 6.61 Å². The van der Waals surface area contributed by atoms with Gasteiger partial charge in [0, 0.05) is 16.1 Å². The van der Waals surface area contributed by atoms with E-state index in [1.165, 1.54) is 30.4 Å². The number of benzene rings is 1. The zero-order chi connectivity index (χ0) is 21.4. The molecule has 5 nitrogen and oxygen atoms in total. The molecule has 2 aromatic rings. The summed E-state index contributed by atoms with van der Waals surface area (Å²) < 4.78 is 42.0. The molecule has 10 heteroatoms. The van der Waals surface area contributed by atoms with Crippen LogP contribution in [0.1, 0.15) is 42.5 Å². The van der Waals surface area contributed by atoms with E-state index in [-0.39, 0.29) is 17.2 Å². The standard InChI is InChI=1S/C19H20ClF3N2O3S/c1-11-9-29-16(24-11)17(2,27)8-15(26)25-18(3-4-18)12-5-13(20)7-14(6-12)28-10-19(21,22)23/h5-7,9,27H,3-4,8,10H2,1-2H3,(H,25,26)/t17-/m0/s1. The Balaban J connectivity index is 1.71. The van der Waals surface area contributed by atoms with Gasteiger partial charge in [0.15, 0.2) is 6.61 Å². The minimum absolute atomic E-state index is 0.0180. The van der Waals surface area contributed by atoms with Crippen LogP contribution >= 0.6 is 22.9 Å². The lowest BCUT2D eigenvalue weighted by atomic mass is 10.0. The molecule has 1 heterocycles. The monoisotopic (exact) mass is 448 g/mol. The third-order valence-corrected chi connectivity index (χ3v) is 5.97. The van der Waals surface area contributed by atoms with Gasteiger partial charge in [-0.05, 0) is 50.5 Å². The third-order valence-electron chi connectivity index (χ3n) is 4.54. The summed E-state index contributed by atoms with van der Waals surface area (Å²) in [5.41, 5.74) is -0.823. The normalized spacial score (nSPS) is 17.5. The molecule has 2 N–H and O–H groups in total. The number of carbonyl (C=O) groups excluding carboxylic acids is 1. The summed E-state index contributed by atoms with van der Waals surface area (Å²) in [5.74, 6) is -0.409. The Morgan fingerprint density at radius 2 is 2.07 bits per heavy atom. The Labute approximate surface area is 174 Å². The second kappa shape index (κ2) is 7.77. The molecule has 1 aromatic carbocycles. The van der Waals surface area contributed by atoms with Gasteiger partial charge in [-0.25, -0.2) is 4.98 Å². The summed E-state index contributed by atoms with van der Waals surface area (Å²) in [7, 11) is 0. The lowest BCUT2D eigenvalue weighted by Crippen LogP contribution is -2.39. The van der Waals surface area contributed by atoms with E-state index in [9.17, 15) is 23.1 Å². The smallest absolute Gasteiger partial charge is 0.422 e. The number of halogens is 4. The predicted molar refractivity (Wildman–Crippen MR) is 103 cm³/mol. The van der Waals surface area contributed by atoms with E-state index in [4.69, 9.17) is 16.3 Å². The van der Waals surface area contributed by atoms with Gasteiger partial charge in [-0.2, -0.15) is 13.2 Å². The zero-order valence-electron chi connectivity index (χ0n) is 15.8. The number of aromatic nitrogens is 1. The van der Waals surface area contributed by atoms with Gasteiger partial charge in [-0.3, -0.25) is 4.79 Å². The molecule has 1 fully saturated rings. The molecule has 0 spiro atoms. The van der Waals surface area contributed by atoms with Crippen molar-refractivity contribution in [3.63, 3.8) is 0 Å². The topological polar surface area (TPSA) is 71.5 Å². The number of aliphatic hydroxyl groups is 1. The number of nitrogens with one attached hydrogen (secondary N) is 1. The van der Waals surface area contributed by atoms with E-state index in [2.05, 4.69) is 10.3 Å². The van der Waals surface area contributed by atoms with Gasteiger partial charge in [-0.15, -0.1) is 11.3 Å². The molecule has 1 atom stereocenters. The molecule has 158 valence electrons. The number of carbonyl (C=O) groups is 1. The van der Waals surface area contributed by atoms with Crippen LogP contribution in [0, 0.1) is 6.92 Å². The second-order valence-electron chi connectivity index (χ2n) is 7.45. The van der Waals surface area contributed by atoms with Gasteiger partial charge in [0.05, 0.1) is 12.0 Å². The predicted octanol–water partition coefficient (Wildman–Crippen LogP) is 4.45. The average molecular weight is 449 g/mol. The van der Waals surface area contributed by atoms with Crippen LogP contribution in [0.3, 0.4) is 0 Å². The number of rotatable bonds is 7. The van der Waals surface area contributed by atoms with E-state index in [1.807, 2.05) is 0 Å². The van der Waals surface area contributed by atoms with Crippen molar-refractivity contribution in [3.05, 3.63) is 44.9 Å². The Morgan fingerprint density at radius 3 is 2.62 bits per heavy atom. The van der Waals surface area contributed by atoms with Crippen molar-refractivity contribution in [2.24, 2.45) is 0 Å². The number of thiazole rings is 1.